The lowest BCUT2D eigenvalue weighted by atomic mass is 10.0. The first kappa shape index (κ1) is 67.8. The van der Waals surface area contributed by atoms with Gasteiger partial charge in [-0.2, -0.15) is 0 Å². The van der Waals surface area contributed by atoms with Crippen molar-refractivity contribution in [2.24, 2.45) is 0 Å². The van der Waals surface area contributed by atoms with Crippen LogP contribution in [0.4, 0.5) is 0 Å². The number of nitrogens with one attached hydrogen (secondary N) is 1. The van der Waals surface area contributed by atoms with Crippen molar-refractivity contribution < 1.29 is 37.3 Å². The molecule has 0 aliphatic heterocycles. The van der Waals surface area contributed by atoms with Gasteiger partial charge in [0.2, 0.25) is 5.91 Å². The molecule has 0 bridgehead atoms. The maximum Gasteiger partial charge on any atom is 0.306 e. The van der Waals surface area contributed by atoms with Gasteiger partial charge in [0.1, 0.15) is 19.3 Å². The molecular weight excluding hydrogens is 880 g/mol. The van der Waals surface area contributed by atoms with Crippen molar-refractivity contribution in [3.05, 3.63) is 12.2 Å². The van der Waals surface area contributed by atoms with Crippen LogP contribution in [0.5, 0.6) is 0 Å². The van der Waals surface area contributed by atoms with E-state index in [1.807, 2.05) is 33.3 Å². The molecule has 69 heavy (non-hydrogen) atoms. The highest BCUT2D eigenvalue weighted by Gasteiger charge is 2.27. The van der Waals surface area contributed by atoms with Crippen LogP contribution in [0, 0.1) is 0 Å². The average molecular weight is 998 g/mol. The number of phosphoric ester groups is 1. The highest BCUT2D eigenvalue weighted by molar-refractivity contribution is 7.45. The quantitative estimate of drug-likeness (QED) is 0.0212. The van der Waals surface area contributed by atoms with Crippen LogP contribution in [0.15, 0.2) is 12.2 Å². The Morgan fingerprint density at radius 3 is 1.19 bits per heavy atom. The number of likely N-dealkylation sites (N-methyl/N-ethyl adjacent to an activating group) is 1. The lowest BCUT2D eigenvalue weighted by Crippen LogP contribution is -2.47. The average Bonchev–Trinajstić information content (AvgIpc) is 3.31. The zero-order valence-corrected chi connectivity index (χ0v) is 47.7. The van der Waals surface area contributed by atoms with Crippen molar-refractivity contribution in [1.82, 2.24) is 5.32 Å². The molecular formula is C59H117N2O7P. The molecule has 0 aromatic heterocycles. The summed E-state index contributed by atoms with van der Waals surface area (Å²) in [4.78, 5) is 39.8. The largest absolute Gasteiger partial charge is 0.756 e. The first-order valence-corrected chi connectivity index (χ1v) is 31.5. The Kier molecular flexibility index (Phi) is 49.4. The van der Waals surface area contributed by atoms with Gasteiger partial charge in [-0.25, -0.2) is 0 Å². The van der Waals surface area contributed by atoms with Crippen LogP contribution in [0.3, 0.4) is 0 Å². The van der Waals surface area contributed by atoms with Gasteiger partial charge in [0.15, 0.2) is 0 Å². The van der Waals surface area contributed by atoms with E-state index in [4.69, 9.17) is 13.8 Å². The van der Waals surface area contributed by atoms with E-state index in [0.717, 1.165) is 57.8 Å². The fourth-order valence-electron chi connectivity index (χ4n) is 9.05. The monoisotopic (exact) mass is 997 g/mol. The molecule has 1 amide bonds. The van der Waals surface area contributed by atoms with Gasteiger partial charge in [-0.1, -0.05) is 271 Å². The minimum absolute atomic E-state index is 0.0169. The summed E-state index contributed by atoms with van der Waals surface area (Å²) in [6, 6.07) is -0.878. The van der Waals surface area contributed by atoms with Gasteiger partial charge in [-0.3, -0.25) is 14.2 Å². The molecule has 410 valence electrons. The second-order valence-corrected chi connectivity index (χ2v) is 23.3. The van der Waals surface area contributed by atoms with Crippen LogP contribution in [0.25, 0.3) is 0 Å². The zero-order valence-electron chi connectivity index (χ0n) is 46.8. The number of esters is 1. The normalized spacial score (nSPS) is 13.8. The van der Waals surface area contributed by atoms with Gasteiger partial charge >= 0.3 is 5.97 Å². The van der Waals surface area contributed by atoms with Crippen LogP contribution in [-0.4, -0.2) is 69.4 Å². The highest BCUT2D eigenvalue weighted by atomic mass is 31.2. The number of carbonyl (C=O) groups is 2. The number of allylic oxidation sites excluding steroid dienone is 1. The molecule has 0 aliphatic rings. The molecule has 3 unspecified atom stereocenters. The fourth-order valence-corrected chi connectivity index (χ4v) is 9.78. The van der Waals surface area contributed by atoms with Crippen LogP contribution in [0.2, 0.25) is 0 Å². The first-order valence-electron chi connectivity index (χ1n) is 30.0. The highest BCUT2D eigenvalue weighted by Crippen LogP contribution is 2.38. The Labute approximate surface area is 429 Å². The van der Waals surface area contributed by atoms with Crippen molar-refractivity contribution in [2.75, 3.05) is 40.9 Å². The Bertz CT molecular complexity index is 1190. The predicted octanol–water partition coefficient (Wildman–Crippen LogP) is 17.4. The van der Waals surface area contributed by atoms with Gasteiger partial charge in [-0.15, -0.1) is 0 Å². The number of phosphoric acid groups is 1. The van der Waals surface area contributed by atoms with Crippen LogP contribution in [0.1, 0.15) is 303 Å². The Balaban J connectivity index is 5.22. The van der Waals surface area contributed by atoms with Crippen molar-refractivity contribution >= 4 is 19.7 Å². The van der Waals surface area contributed by atoms with E-state index >= 15 is 0 Å². The number of unbranched alkanes of at least 4 members (excludes halogenated alkanes) is 39. The zero-order chi connectivity index (χ0) is 50.8. The van der Waals surface area contributed by atoms with E-state index in [1.54, 1.807) is 0 Å². The number of quaternary nitrogens is 1. The summed E-state index contributed by atoms with van der Waals surface area (Å²) >= 11 is 0. The number of nitrogens with zero attached hydrogens (tertiary/aromatic N) is 1. The van der Waals surface area contributed by atoms with Gasteiger partial charge in [-0.05, 0) is 31.8 Å². The minimum atomic E-state index is -4.68. The molecule has 10 heteroatoms. The smallest absolute Gasteiger partial charge is 0.306 e. The second kappa shape index (κ2) is 50.3. The van der Waals surface area contributed by atoms with Gasteiger partial charge < -0.3 is 28.5 Å². The molecule has 0 aromatic rings. The number of amides is 1. The third-order valence-corrected chi connectivity index (χ3v) is 14.7. The maximum atomic E-state index is 13.5. The van der Waals surface area contributed by atoms with E-state index in [9.17, 15) is 19.0 Å². The molecule has 0 aliphatic carbocycles. The number of carbonyl (C=O) groups excluding carboxylic acids is 2. The Hall–Kier alpha value is -1.25. The van der Waals surface area contributed by atoms with E-state index in [2.05, 4.69) is 26.1 Å². The van der Waals surface area contributed by atoms with Gasteiger partial charge in [0.25, 0.3) is 7.82 Å². The number of rotatable bonds is 55. The Morgan fingerprint density at radius 1 is 0.493 bits per heavy atom. The summed E-state index contributed by atoms with van der Waals surface area (Å²) in [5, 5.41) is 3.03. The molecule has 0 saturated carbocycles. The summed E-state index contributed by atoms with van der Waals surface area (Å²) in [5.74, 6) is -0.523. The summed E-state index contributed by atoms with van der Waals surface area (Å²) in [5.41, 5.74) is 0. The van der Waals surface area contributed by atoms with Crippen LogP contribution < -0.4 is 10.2 Å². The number of hydrogen-bond acceptors (Lipinski definition) is 7. The molecule has 0 spiro atoms. The molecule has 0 heterocycles. The predicted molar refractivity (Wildman–Crippen MR) is 294 cm³/mol. The summed E-state index contributed by atoms with van der Waals surface area (Å²) in [7, 11) is 1.20. The Morgan fingerprint density at radius 2 is 0.826 bits per heavy atom. The topological polar surface area (TPSA) is 114 Å². The first-order chi connectivity index (χ1) is 33.4. The standard InChI is InChI=1S/C59H117N2O7P/c1-7-10-13-16-19-22-25-27-28-29-30-31-32-34-37-39-42-45-48-51-58(62)60-56(55-67-69(64,65)66-54-53-61(4,5)6)57(50-47-44-41-38-36-33-26-23-20-17-14-11-8-2)68-59(63)52-49-46-43-40-35-24-21-18-15-12-9-3/h47,50,56-57H,7-46,48-49,51-55H2,1-6H3,(H-,60,62,64,65)/b50-47+. The molecule has 0 rings (SSSR count). The molecule has 0 aromatic carbocycles. The van der Waals surface area contributed by atoms with Crippen LogP contribution >= 0.6 is 7.82 Å². The van der Waals surface area contributed by atoms with Crippen molar-refractivity contribution in [1.29, 1.82) is 0 Å². The van der Waals surface area contributed by atoms with Gasteiger partial charge in [0.05, 0.1) is 33.8 Å². The van der Waals surface area contributed by atoms with Gasteiger partial charge in [0, 0.05) is 12.8 Å². The minimum Gasteiger partial charge on any atom is -0.756 e. The van der Waals surface area contributed by atoms with E-state index in [-0.39, 0.29) is 31.5 Å². The third-order valence-electron chi connectivity index (χ3n) is 13.7. The molecule has 0 fully saturated rings. The second-order valence-electron chi connectivity index (χ2n) is 21.9. The summed E-state index contributed by atoms with van der Waals surface area (Å²) < 4.78 is 30.3. The van der Waals surface area contributed by atoms with E-state index in [0.29, 0.717) is 17.4 Å². The molecule has 0 saturated heterocycles. The lowest BCUT2D eigenvalue weighted by molar-refractivity contribution is -0.870. The molecule has 1 N–H and O–H groups in total. The molecule has 3 atom stereocenters. The molecule has 9 nitrogen and oxygen atoms in total. The lowest BCUT2D eigenvalue weighted by Gasteiger charge is -2.30. The van der Waals surface area contributed by atoms with Crippen molar-refractivity contribution in [3.8, 4) is 0 Å². The van der Waals surface area contributed by atoms with E-state index in [1.165, 1.54) is 212 Å². The number of ether oxygens (including phenoxy) is 1. The number of hydrogen-bond donors (Lipinski definition) is 1. The van der Waals surface area contributed by atoms with Crippen molar-refractivity contribution in [3.63, 3.8) is 0 Å². The van der Waals surface area contributed by atoms with E-state index < -0.39 is 20.0 Å². The van der Waals surface area contributed by atoms with Crippen LogP contribution in [-0.2, 0) is 27.9 Å². The summed E-state index contributed by atoms with van der Waals surface area (Å²) in [6.07, 6.45) is 56.0. The van der Waals surface area contributed by atoms with Crippen molar-refractivity contribution in [2.45, 2.75) is 315 Å². The SMILES string of the molecule is CCCCCCCCCCCCC/C=C/C(OC(=O)CCCCCCCCCCCCC)C(COP(=O)([O-])OCC[N+](C)(C)C)NC(=O)CCCCCCCCCCCCCCCCCCCCC. The fraction of sp³-hybridized carbons (Fsp3) is 0.932. The molecule has 0 radical (unpaired) electrons. The summed E-state index contributed by atoms with van der Waals surface area (Å²) in [6.45, 7) is 6.88. The maximum absolute atomic E-state index is 13.5. The third kappa shape index (κ3) is 51.5.